The topological polar surface area (TPSA) is 131 Å². The summed E-state index contributed by atoms with van der Waals surface area (Å²) in [6.45, 7) is 7.75. The second-order valence-electron chi connectivity index (χ2n) is 12.1. The molecule has 2 aliphatic carbocycles. The van der Waals surface area contributed by atoms with Crippen molar-refractivity contribution in [2.24, 2.45) is 27.0 Å². The van der Waals surface area contributed by atoms with Crippen LogP contribution in [0.4, 0.5) is 0 Å². The van der Waals surface area contributed by atoms with E-state index in [2.05, 4.69) is 55.6 Å². The SMILES string of the molecule is C=N/C(=C\C(=N/C)C(=O)NC[C@H](O)CN1CCc2ccccc2C1)NC1CCN(C(=O)/C(=N\OCC2CC2)C2CC2)CC1. The van der Waals surface area contributed by atoms with E-state index in [1.54, 1.807) is 13.1 Å². The third-order valence-electron chi connectivity index (χ3n) is 8.58. The second kappa shape index (κ2) is 14.7. The van der Waals surface area contributed by atoms with Gasteiger partial charge in [-0.15, -0.1) is 0 Å². The van der Waals surface area contributed by atoms with Gasteiger partial charge in [-0.3, -0.25) is 19.5 Å². The van der Waals surface area contributed by atoms with E-state index < -0.39 is 6.10 Å². The number of piperidine rings is 1. The van der Waals surface area contributed by atoms with E-state index in [4.69, 9.17) is 4.84 Å². The molecule has 1 aromatic rings. The number of nitrogens with one attached hydrogen (secondary N) is 2. The Morgan fingerprint density at radius 1 is 1.12 bits per heavy atom. The maximum atomic E-state index is 13.2. The Labute approximate surface area is 254 Å². The number of hydrogen-bond acceptors (Lipinski definition) is 9. The summed E-state index contributed by atoms with van der Waals surface area (Å²) in [6, 6.07) is 8.45. The Morgan fingerprint density at radius 2 is 1.86 bits per heavy atom. The third kappa shape index (κ3) is 8.96. The average molecular weight is 592 g/mol. The zero-order valence-corrected chi connectivity index (χ0v) is 25.2. The van der Waals surface area contributed by atoms with Crippen LogP contribution < -0.4 is 10.6 Å². The highest BCUT2D eigenvalue weighted by Crippen LogP contribution is 2.33. The van der Waals surface area contributed by atoms with Crippen LogP contribution in [0, 0.1) is 11.8 Å². The molecule has 1 aromatic carbocycles. The van der Waals surface area contributed by atoms with E-state index in [0.717, 1.165) is 45.2 Å². The van der Waals surface area contributed by atoms with Gasteiger partial charge in [0, 0.05) is 64.4 Å². The van der Waals surface area contributed by atoms with Gasteiger partial charge in [-0.2, -0.15) is 0 Å². The number of carbonyl (C=O) groups is 2. The van der Waals surface area contributed by atoms with Crippen molar-refractivity contribution in [3.8, 4) is 0 Å². The number of benzene rings is 1. The highest BCUT2D eigenvalue weighted by Gasteiger charge is 2.37. The number of oxime groups is 1. The van der Waals surface area contributed by atoms with E-state index in [0.29, 0.717) is 43.7 Å². The van der Waals surface area contributed by atoms with Gasteiger partial charge in [0.25, 0.3) is 11.8 Å². The summed E-state index contributed by atoms with van der Waals surface area (Å²) in [4.78, 5) is 43.8. The summed E-state index contributed by atoms with van der Waals surface area (Å²) >= 11 is 0. The van der Waals surface area contributed by atoms with Crippen molar-refractivity contribution in [2.75, 3.05) is 46.4 Å². The molecule has 11 heteroatoms. The number of aliphatic hydroxyl groups is 1. The van der Waals surface area contributed by atoms with E-state index >= 15 is 0 Å². The largest absolute Gasteiger partial charge is 0.395 e. The molecule has 0 unspecified atom stereocenters. The van der Waals surface area contributed by atoms with Gasteiger partial charge in [0.05, 0.1) is 6.10 Å². The molecule has 43 heavy (non-hydrogen) atoms. The van der Waals surface area contributed by atoms with Crippen molar-refractivity contribution in [3.05, 3.63) is 47.3 Å². The lowest BCUT2D eigenvalue weighted by atomic mass is 10.00. The monoisotopic (exact) mass is 591 g/mol. The molecule has 0 aromatic heterocycles. The van der Waals surface area contributed by atoms with Gasteiger partial charge in [-0.25, -0.2) is 4.99 Å². The molecule has 232 valence electrons. The highest BCUT2D eigenvalue weighted by atomic mass is 16.6. The minimum Gasteiger partial charge on any atom is -0.395 e. The summed E-state index contributed by atoms with van der Waals surface area (Å²) in [6.07, 6.45) is 7.66. The van der Waals surface area contributed by atoms with E-state index in [1.807, 2.05) is 11.0 Å². The van der Waals surface area contributed by atoms with Gasteiger partial charge in [0.1, 0.15) is 23.9 Å². The number of carbonyl (C=O) groups excluding carboxylic acids is 2. The lowest BCUT2D eigenvalue weighted by molar-refractivity contribution is -0.125. The van der Waals surface area contributed by atoms with Crippen molar-refractivity contribution < 1.29 is 19.5 Å². The number of aliphatic hydroxyl groups excluding tert-OH is 1. The summed E-state index contributed by atoms with van der Waals surface area (Å²) in [5, 5.41) is 21.0. The standard InChI is InChI=1S/C32H45N7O4/c1-33-28(31(41)35-18-27(40)20-38-14-11-23-5-3-4-6-25(23)19-38)17-29(34-2)36-26-12-15-39(16-13-26)32(42)30(24-9-10-24)37-43-21-22-7-8-22/h3-6,17,22,24,26-27,36,40H,2,7-16,18-21H2,1H3,(H,35,41)/b29-17+,33-28+,37-30-/t27-/m0/s1. The van der Waals surface area contributed by atoms with Crippen LogP contribution in [-0.2, 0) is 27.4 Å². The fraction of sp³-hybridized carbons (Fsp3) is 0.594. The molecule has 2 aliphatic heterocycles. The molecule has 5 rings (SSSR count). The summed E-state index contributed by atoms with van der Waals surface area (Å²) in [7, 11) is 1.55. The first kappa shape index (κ1) is 30.9. The Morgan fingerprint density at radius 3 is 2.53 bits per heavy atom. The molecule has 0 spiro atoms. The number of amides is 2. The van der Waals surface area contributed by atoms with Crippen LogP contribution in [0.15, 0.2) is 51.3 Å². The fourth-order valence-electron chi connectivity index (χ4n) is 5.61. The number of hydrogen-bond donors (Lipinski definition) is 3. The van der Waals surface area contributed by atoms with Gasteiger partial charge in [-0.1, -0.05) is 29.4 Å². The van der Waals surface area contributed by atoms with Crippen LogP contribution in [0.5, 0.6) is 0 Å². The van der Waals surface area contributed by atoms with E-state index in [-0.39, 0.29) is 36.0 Å². The average Bonchev–Trinajstić information content (AvgIpc) is 3.96. The molecule has 0 bridgehead atoms. The molecule has 4 aliphatic rings. The molecule has 1 atom stereocenters. The first-order valence-electron chi connectivity index (χ1n) is 15.6. The normalized spacial score (nSPS) is 21.2. The molecule has 1 saturated heterocycles. The maximum absolute atomic E-state index is 13.2. The number of aliphatic imine (C=N–C) groups is 2. The Kier molecular flexibility index (Phi) is 10.6. The molecule has 2 heterocycles. The predicted molar refractivity (Wildman–Crippen MR) is 167 cm³/mol. The van der Waals surface area contributed by atoms with E-state index in [1.165, 1.54) is 24.0 Å². The number of nitrogens with zero attached hydrogens (tertiary/aromatic N) is 5. The number of rotatable bonds is 14. The number of fused-ring (bicyclic) bond motifs is 1. The number of β-amino-alcohol motifs (C(OH)–C–C–N with tert-alkyl or cyclic N) is 1. The van der Waals surface area contributed by atoms with Crippen molar-refractivity contribution in [1.82, 2.24) is 20.4 Å². The van der Waals surface area contributed by atoms with Crippen LogP contribution >= 0.6 is 0 Å². The van der Waals surface area contributed by atoms with Gasteiger partial charge in [0.2, 0.25) is 0 Å². The van der Waals surface area contributed by atoms with Gasteiger partial charge in [-0.05, 0) is 68.7 Å². The van der Waals surface area contributed by atoms with Crippen molar-refractivity contribution in [2.45, 2.75) is 63.6 Å². The maximum Gasteiger partial charge on any atom is 0.271 e. The Bertz CT molecular complexity index is 1250. The lowest BCUT2D eigenvalue weighted by Crippen LogP contribution is -2.47. The predicted octanol–water partition coefficient (Wildman–Crippen LogP) is 1.91. The van der Waals surface area contributed by atoms with Crippen molar-refractivity contribution in [1.29, 1.82) is 0 Å². The molecule has 3 fully saturated rings. The molecule has 0 radical (unpaired) electrons. The zero-order valence-electron chi connectivity index (χ0n) is 25.2. The lowest BCUT2D eigenvalue weighted by Gasteiger charge is -2.33. The fourth-order valence-corrected chi connectivity index (χ4v) is 5.61. The van der Waals surface area contributed by atoms with Crippen LogP contribution in [0.2, 0.25) is 0 Å². The highest BCUT2D eigenvalue weighted by molar-refractivity contribution is 6.43. The Hall–Kier alpha value is -3.57. The van der Waals surface area contributed by atoms with Crippen molar-refractivity contribution >= 4 is 30.0 Å². The molecular formula is C32H45N7O4. The van der Waals surface area contributed by atoms with Gasteiger partial charge < -0.3 is 25.5 Å². The van der Waals surface area contributed by atoms with Crippen LogP contribution in [0.1, 0.15) is 49.7 Å². The quantitative estimate of drug-likeness (QED) is 0.224. The van der Waals surface area contributed by atoms with Crippen LogP contribution in [-0.4, -0.2) is 103 Å². The van der Waals surface area contributed by atoms with Gasteiger partial charge >= 0.3 is 0 Å². The second-order valence-corrected chi connectivity index (χ2v) is 12.1. The summed E-state index contributed by atoms with van der Waals surface area (Å²) < 4.78 is 0. The molecular weight excluding hydrogens is 546 g/mol. The molecule has 2 saturated carbocycles. The minimum absolute atomic E-state index is 0.0151. The van der Waals surface area contributed by atoms with Crippen LogP contribution in [0.25, 0.3) is 0 Å². The first-order valence-corrected chi connectivity index (χ1v) is 15.6. The summed E-state index contributed by atoms with van der Waals surface area (Å²) in [5.74, 6) is 0.870. The number of likely N-dealkylation sites (tertiary alicyclic amines) is 1. The van der Waals surface area contributed by atoms with Crippen molar-refractivity contribution in [3.63, 3.8) is 0 Å². The Balaban J connectivity index is 1.05. The van der Waals surface area contributed by atoms with Gasteiger partial charge in [0.15, 0.2) is 0 Å². The third-order valence-corrected chi connectivity index (χ3v) is 8.58. The smallest absolute Gasteiger partial charge is 0.271 e. The van der Waals surface area contributed by atoms with E-state index in [9.17, 15) is 14.7 Å². The summed E-state index contributed by atoms with van der Waals surface area (Å²) in [5.41, 5.74) is 3.41. The molecule has 2 amide bonds. The molecule has 11 nitrogen and oxygen atoms in total. The van der Waals surface area contributed by atoms with Crippen LogP contribution in [0.3, 0.4) is 0 Å². The zero-order chi connectivity index (χ0) is 30.2. The minimum atomic E-state index is -0.699. The molecule has 3 N–H and O–H groups in total. The first-order chi connectivity index (χ1) is 20.9.